The first-order valence-electron chi connectivity index (χ1n) is 10.9. The zero-order valence-electron chi connectivity index (χ0n) is 18.5. The van der Waals surface area contributed by atoms with Gasteiger partial charge in [-0.05, 0) is 49.8 Å². The maximum Gasteiger partial charge on any atom is 0.330 e. The number of carbonyl (C=O) groups excluding carboxylic acids is 3. The number of ether oxygens (including phenoxy) is 2. The van der Waals surface area contributed by atoms with E-state index in [0.29, 0.717) is 6.42 Å². The summed E-state index contributed by atoms with van der Waals surface area (Å²) in [7, 11) is 0. The molecule has 0 amide bonds. The van der Waals surface area contributed by atoms with Crippen molar-refractivity contribution in [1.29, 1.82) is 0 Å². The minimum Gasteiger partial charge on any atom is -0.465 e. The topological polar surface area (TPSA) is 98.9 Å². The van der Waals surface area contributed by atoms with Crippen LogP contribution in [-0.2, 0) is 36.7 Å². The molecule has 170 valence electrons. The molecule has 0 saturated carbocycles. The number of hydrogen-bond donors (Lipinski definition) is 1. The Bertz CT molecular complexity index is 944. The third-order valence-electron chi connectivity index (χ3n) is 5.63. The number of aryl methyl sites for hydroxylation is 1. The van der Waals surface area contributed by atoms with Crippen LogP contribution in [0.15, 0.2) is 54.6 Å². The van der Waals surface area contributed by atoms with Gasteiger partial charge in [-0.15, -0.1) is 0 Å². The lowest BCUT2D eigenvalue weighted by atomic mass is 10.00. The van der Waals surface area contributed by atoms with E-state index in [1.165, 1.54) is 12.5 Å². The van der Waals surface area contributed by atoms with E-state index in [9.17, 15) is 14.4 Å². The molecular formula is C25H30N2O5. The molecule has 0 radical (unpaired) electrons. The van der Waals surface area contributed by atoms with Crippen molar-refractivity contribution in [1.82, 2.24) is 4.90 Å². The lowest BCUT2D eigenvalue weighted by Crippen LogP contribution is -2.48. The van der Waals surface area contributed by atoms with Crippen LogP contribution in [0.5, 0.6) is 0 Å². The molecule has 0 aliphatic heterocycles. The summed E-state index contributed by atoms with van der Waals surface area (Å²) in [6.07, 6.45) is 1.96. The van der Waals surface area contributed by atoms with E-state index in [2.05, 4.69) is 6.07 Å². The molecule has 0 fully saturated rings. The Kier molecular flexibility index (Phi) is 8.14. The second-order valence-electron chi connectivity index (χ2n) is 7.96. The monoisotopic (exact) mass is 438 g/mol. The largest absolute Gasteiger partial charge is 0.465 e. The minimum absolute atomic E-state index is 0.178. The molecule has 0 aromatic heterocycles. The van der Waals surface area contributed by atoms with Crippen molar-refractivity contribution in [3.05, 3.63) is 71.3 Å². The molecule has 0 saturated heterocycles. The summed E-state index contributed by atoms with van der Waals surface area (Å²) < 4.78 is 10.3. The molecule has 2 N–H and O–H groups in total. The van der Waals surface area contributed by atoms with Crippen LogP contribution in [0.3, 0.4) is 0 Å². The normalized spacial score (nSPS) is 16.8. The predicted molar refractivity (Wildman–Crippen MR) is 120 cm³/mol. The molecular weight excluding hydrogens is 408 g/mol. The number of rotatable bonds is 9. The number of fused-ring (bicyclic) bond motifs is 1. The standard InChI is InChI=1S/C25H30N2O5/c1-3-31-25(30)22(15-18-9-5-4-6-10-18)27(16-23(28)32-24(29)17(2)26)21-14-13-19-11-7-8-12-20(19)21/h4-12,17,21-22H,3,13-16,26H2,1-2H3/t17-,21?,22-/m0/s1. The van der Waals surface area contributed by atoms with E-state index in [1.807, 2.05) is 53.4 Å². The Morgan fingerprint density at radius 1 is 1.06 bits per heavy atom. The van der Waals surface area contributed by atoms with Gasteiger partial charge in [0.25, 0.3) is 0 Å². The summed E-state index contributed by atoms with van der Waals surface area (Å²) in [5.74, 6) is -1.94. The number of nitrogens with two attached hydrogens (primary N) is 1. The van der Waals surface area contributed by atoms with Crippen molar-refractivity contribution in [2.24, 2.45) is 5.73 Å². The van der Waals surface area contributed by atoms with Gasteiger partial charge in [-0.25, -0.2) is 4.79 Å². The second-order valence-corrected chi connectivity index (χ2v) is 7.96. The molecule has 7 heteroatoms. The lowest BCUT2D eigenvalue weighted by Gasteiger charge is -2.34. The van der Waals surface area contributed by atoms with Gasteiger partial charge in [0.2, 0.25) is 0 Å². The number of benzene rings is 2. The zero-order chi connectivity index (χ0) is 23.1. The fourth-order valence-electron chi connectivity index (χ4n) is 4.12. The van der Waals surface area contributed by atoms with Gasteiger partial charge in [0.15, 0.2) is 0 Å². The SMILES string of the molecule is CCOC(=O)[C@H](Cc1ccccc1)N(CC(=O)OC(=O)[C@H](C)N)C1CCc2ccccc21. The molecule has 3 rings (SSSR count). The Morgan fingerprint density at radius 3 is 2.44 bits per heavy atom. The number of nitrogens with zero attached hydrogens (tertiary/aromatic N) is 1. The van der Waals surface area contributed by atoms with Gasteiger partial charge >= 0.3 is 17.9 Å². The van der Waals surface area contributed by atoms with Crippen LogP contribution < -0.4 is 5.73 Å². The predicted octanol–water partition coefficient (Wildman–Crippen LogP) is 2.57. The van der Waals surface area contributed by atoms with Crippen LogP contribution in [0.2, 0.25) is 0 Å². The smallest absolute Gasteiger partial charge is 0.330 e. The summed E-state index contributed by atoms with van der Waals surface area (Å²) in [5.41, 5.74) is 8.74. The average Bonchev–Trinajstić information content (AvgIpc) is 3.21. The van der Waals surface area contributed by atoms with E-state index >= 15 is 0 Å². The van der Waals surface area contributed by atoms with Crippen molar-refractivity contribution in [3.8, 4) is 0 Å². The third kappa shape index (κ3) is 5.81. The summed E-state index contributed by atoms with van der Waals surface area (Å²) in [4.78, 5) is 39.4. The van der Waals surface area contributed by atoms with Crippen LogP contribution in [0, 0.1) is 0 Å². The molecule has 1 aliphatic carbocycles. The van der Waals surface area contributed by atoms with Gasteiger partial charge in [-0.1, -0.05) is 54.6 Å². The second kappa shape index (κ2) is 11.0. The molecule has 2 aromatic carbocycles. The quantitative estimate of drug-likeness (QED) is 0.474. The summed E-state index contributed by atoms with van der Waals surface area (Å²) >= 11 is 0. The molecule has 0 bridgehead atoms. The van der Waals surface area contributed by atoms with Crippen LogP contribution >= 0.6 is 0 Å². The van der Waals surface area contributed by atoms with E-state index in [0.717, 1.165) is 24.0 Å². The van der Waals surface area contributed by atoms with Crippen molar-refractivity contribution >= 4 is 17.9 Å². The van der Waals surface area contributed by atoms with Gasteiger partial charge in [0.1, 0.15) is 12.1 Å². The first kappa shape index (κ1) is 23.6. The van der Waals surface area contributed by atoms with Crippen LogP contribution in [-0.4, -0.2) is 48.0 Å². The van der Waals surface area contributed by atoms with Gasteiger partial charge < -0.3 is 15.2 Å². The maximum atomic E-state index is 13.1. The molecule has 3 atom stereocenters. The Morgan fingerprint density at radius 2 is 1.75 bits per heavy atom. The third-order valence-corrected chi connectivity index (χ3v) is 5.63. The average molecular weight is 439 g/mol. The number of esters is 3. The van der Waals surface area contributed by atoms with Crippen molar-refractivity contribution < 1.29 is 23.9 Å². The summed E-state index contributed by atoms with van der Waals surface area (Å²) in [6.45, 7) is 3.21. The van der Waals surface area contributed by atoms with Gasteiger partial charge in [-0.3, -0.25) is 14.5 Å². The molecule has 0 spiro atoms. The Balaban J connectivity index is 1.95. The highest BCUT2D eigenvalue weighted by molar-refractivity contribution is 5.89. The first-order valence-corrected chi connectivity index (χ1v) is 10.9. The fourth-order valence-corrected chi connectivity index (χ4v) is 4.12. The van der Waals surface area contributed by atoms with Crippen molar-refractivity contribution in [2.75, 3.05) is 13.2 Å². The first-order chi connectivity index (χ1) is 15.4. The number of hydrogen-bond acceptors (Lipinski definition) is 7. The van der Waals surface area contributed by atoms with Crippen LogP contribution in [0.25, 0.3) is 0 Å². The summed E-state index contributed by atoms with van der Waals surface area (Å²) in [5, 5.41) is 0. The van der Waals surface area contributed by atoms with E-state index in [4.69, 9.17) is 15.2 Å². The molecule has 7 nitrogen and oxygen atoms in total. The highest BCUT2D eigenvalue weighted by Gasteiger charge is 2.38. The van der Waals surface area contributed by atoms with Gasteiger partial charge in [0.05, 0.1) is 13.2 Å². The molecule has 32 heavy (non-hydrogen) atoms. The van der Waals surface area contributed by atoms with Crippen molar-refractivity contribution in [3.63, 3.8) is 0 Å². The zero-order valence-corrected chi connectivity index (χ0v) is 18.5. The molecule has 1 aliphatic rings. The van der Waals surface area contributed by atoms with E-state index in [1.54, 1.807) is 6.92 Å². The highest BCUT2D eigenvalue weighted by Crippen LogP contribution is 2.37. The molecule has 1 unspecified atom stereocenters. The highest BCUT2D eigenvalue weighted by atomic mass is 16.6. The van der Waals surface area contributed by atoms with Gasteiger partial charge in [-0.2, -0.15) is 0 Å². The summed E-state index contributed by atoms with van der Waals surface area (Å²) in [6, 6.07) is 15.8. The fraction of sp³-hybridized carbons (Fsp3) is 0.400. The van der Waals surface area contributed by atoms with Crippen molar-refractivity contribution in [2.45, 2.75) is 51.2 Å². The van der Waals surface area contributed by atoms with Crippen LogP contribution in [0.1, 0.15) is 43.0 Å². The number of carbonyl (C=O) groups is 3. The lowest BCUT2D eigenvalue weighted by molar-refractivity contribution is -0.163. The van der Waals surface area contributed by atoms with Gasteiger partial charge in [0, 0.05) is 6.04 Å². The Hall–Kier alpha value is -3.03. The van der Waals surface area contributed by atoms with E-state index < -0.39 is 30.0 Å². The minimum atomic E-state index is -0.912. The maximum absolute atomic E-state index is 13.1. The molecule has 2 aromatic rings. The molecule has 0 heterocycles. The van der Waals surface area contributed by atoms with E-state index in [-0.39, 0.29) is 19.2 Å². The Labute approximate surface area is 188 Å². The van der Waals surface area contributed by atoms with Crippen LogP contribution in [0.4, 0.5) is 0 Å².